The van der Waals surface area contributed by atoms with Gasteiger partial charge in [0.15, 0.2) is 0 Å². The molecule has 0 radical (unpaired) electrons. The quantitative estimate of drug-likeness (QED) is 0.483. The topological polar surface area (TPSA) is 0 Å². The van der Waals surface area contributed by atoms with Gasteiger partial charge in [0, 0.05) is 24.0 Å². The predicted molar refractivity (Wildman–Crippen MR) is 96.8 cm³/mol. The third-order valence-electron chi connectivity index (χ3n) is 3.62. The number of rotatable bonds is 4. The Morgan fingerprint density at radius 2 is 1.18 bits per heavy atom. The van der Waals surface area contributed by atoms with E-state index in [0.717, 1.165) is 24.0 Å². The maximum atomic E-state index is 3.26. The number of unbranched alkanes of at least 4 members (excludes halogenated alkanes) is 4. The molecule has 0 amide bonds. The lowest BCUT2D eigenvalue weighted by Gasteiger charge is -2.00. The van der Waals surface area contributed by atoms with Crippen molar-refractivity contribution in [1.29, 1.82) is 0 Å². The zero-order valence-electron chi connectivity index (χ0n) is 13.7. The highest BCUT2D eigenvalue weighted by atomic mass is 14.0. The van der Waals surface area contributed by atoms with E-state index in [-0.39, 0.29) is 0 Å². The van der Waals surface area contributed by atoms with Crippen molar-refractivity contribution in [3.8, 4) is 23.7 Å². The van der Waals surface area contributed by atoms with Crippen molar-refractivity contribution in [2.45, 2.75) is 52.4 Å². The van der Waals surface area contributed by atoms with E-state index in [1.165, 1.54) is 36.5 Å². The van der Waals surface area contributed by atoms with Crippen LogP contribution in [0.15, 0.2) is 36.4 Å². The van der Waals surface area contributed by atoms with E-state index in [0.29, 0.717) is 0 Å². The number of fused-ring (bicyclic) bond motifs is 1. The molecule has 0 bridgehead atoms. The van der Waals surface area contributed by atoms with Crippen molar-refractivity contribution < 1.29 is 0 Å². The van der Waals surface area contributed by atoms with Crippen LogP contribution >= 0.6 is 0 Å². The molecule has 2 aromatic rings. The summed E-state index contributed by atoms with van der Waals surface area (Å²) in [6.07, 6.45) is 6.73. The van der Waals surface area contributed by atoms with E-state index < -0.39 is 0 Å². The van der Waals surface area contributed by atoms with Crippen LogP contribution in [0.25, 0.3) is 10.8 Å². The molecular formula is C22H24. The van der Waals surface area contributed by atoms with Crippen LogP contribution in [0.4, 0.5) is 0 Å². The largest absolute Gasteiger partial charge is 0.0979 e. The third-order valence-corrected chi connectivity index (χ3v) is 3.62. The van der Waals surface area contributed by atoms with Crippen LogP contribution < -0.4 is 0 Å². The molecule has 0 saturated heterocycles. The van der Waals surface area contributed by atoms with Crippen molar-refractivity contribution in [2.24, 2.45) is 0 Å². The predicted octanol–water partition coefficient (Wildman–Crippen LogP) is 5.92. The molecule has 2 rings (SSSR count). The Morgan fingerprint density at radius 3 is 1.64 bits per heavy atom. The summed E-state index contributed by atoms with van der Waals surface area (Å²) in [5.41, 5.74) is 2.19. The Bertz CT molecular complexity index is 668. The summed E-state index contributed by atoms with van der Waals surface area (Å²) < 4.78 is 0. The fourth-order valence-electron chi connectivity index (χ4n) is 2.26. The smallest absolute Gasteiger partial charge is 0.0251 e. The van der Waals surface area contributed by atoms with E-state index in [4.69, 9.17) is 0 Å². The van der Waals surface area contributed by atoms with Crippen molar-refractivity contribution in [3.63, 3.8) is 0 Å². The van der Waals surface area contributed by atoms with Crippen molar-refractivity contribution in [1.82, 2.24) is 0 Å². The first-order chi connectivity index (χ1) is 10.8. The molecule has 0 unspecified atom stereocenters. The number of hydrogen-bond acceptors (Lipinski definition) is 0. The average molecular weight is 288 g/mol. The summed E-state index contributed by atoms with van der Waals surface area (Å²) in [5, 5.41) is 2.47. The molecule has 0 saturated carbocycles. The van der Waals surface area contributed by atoms with Gasteiger partial charge in [-0.1, -0.05) is 62.5 Å². The lowest BCUT2D eigenvalue weighted by molar-refractivity contribution is 0.828. The van der Waals surface area contributed by atoms with E-state index in [1.807, 2.05) is 0 Å². The molecule has 2 aromatic carbocycles. The van der Waals surface area contributed by atoms with E-state index in [1.54, 1.807) is 0 Å². The zero-order chi connectivity index (χ0) is 15.6. The molecule has 0 aliphatic rings. The zero-order valence-corrected chi connectivity index (χ0v) is 13.7. The summed E-state index contributed by atoms with van der Waals surface area (Å²) in [7, 11) is 0. The highest BCUT2D eigenvalue weighted by Crippen LogP contribution is 2.17. The Balaban J connectivity index is 2.18. The van der Waals surface area contributed by atoms with Crippen molar-refractivity contribution in [3.05, 3.63) is 47.5 Å². The van der Waals surface area contributed by atoms with Crippen LogP contribution in [-0.2, 0) is 0 Å². The summed E-state index contributed by atoms with van der Waals surface area (Å²) in [6.45, 7) is 4.39. The number of benzene rings is 2. The van der Waals surface area contributed by atoms with Gasteiger partial charge >= 0.3 is 0 Å². The molecule has 112 valence electrons. The first kappa shape index (κ1) is 16.2. The van der Waals surface area contributed by atoms with Crippen LogP contribution in [0.1, 0.15) is 63.5 Å². The second kappa shape index (κ2) is 8.96. The highest BCUT2D eigenvalue weighted by Gasteiger charge is 1.96. The molecule has 0 nitrogen and oxygen atoms in total. The van der Waals surface area contributed by atoms with Gasteiger partial charge in [-0.2, -0.15) is 0 Å². The second-order valence-electron chi connectivity index (χ2n) is 5.59. The molecule has 0 spiro atoms. The first-order valence-electron chi connectivity index (χ1n) is 8.35. The Hall–Kier alpha value is -2.18. The van der Waals surface area contributed by atoms with Gasteiger partial charge in [0.25, 0.3) is 0 Å². The molecule has 0 atom stereocenters. The lowest BCUT2D eigenvalue weighted by Crippen LogP contribution is -1.80. The summed E-state index contributed by atoms with van der Waals surface area (Å²) in [6, 6.07) is 12.8. The fraction of sp³-hybridized carbons (Fsp3) is 0.364. The third kappa shape index (κ3) is 4.98. The van der Waals surface area contributed by atoms with E-state index in [2.05, 4.69) is 73.9 Å². The van der Waals surface area contributed by atoms with Gasteiger partial charge in [-0.3, -0.25) is 0 Å². The molecular weight excluding hydrogens is 264 g/mol. The van der Waals surface area contributed by atoms with Crippen LogP contribution in [0.3, 0.4) is 0 Å². The minimum absolute atomic E-state index is 0.984. The second-order valence-corrected chi connectivity index (χ2v) is 5.59. The molecule has 0 N–H and O–H groups in total. The van der Waals surface area contributed by atoms with Gasteiger partial charge in [0.2, 0.25) is 0 Å². The molecule has 0 heterocycles. The van der Waals surface area contributed by atoms with Gasteiger partial charge in [0.05, 0.1) is 0 Å². The van der Waals surface area contributed by atoms with Gasteiger partial charge in [-0.25, -0.2) is 0 Å². The summed E-state index contributed by atoms with van der Waals surface area (Å²) in [4.78, 5) is 0. The maximum absolute atomic E-state index is 3.26. The molecule has 0 fully saturated rings. The normalized spacial score (nSPS) is 9.73. The van der Waals surface area contributed by atoms with Crippen LogP contribution in [-0.4, -0.2) is 0 Å². The molecule has 0 aliphatic carbocycles. The van der Waals surface area contributed by atoms with E-state index in [9.17, 15) is 0 Å². The van der Waals surface area contributed by atoms with Crippen LogP contribution in [0.2, 0.25) is 0 Å². The standard InChI is InChI=1S/C22H24/c1-3-5-7-9-11-19-13-15-21-16-14-20(18-22(21)17-19)12-10-8-6-4-2/h13-18H,3-8H2,1-2H3. The van der Waals surface area contributed by atoms with Crippen molar-refractivity contribution in [2.75, 3.05) is 0 Å². The Labute approximate surface area is 134 Å². The minimum atomic E-state index is 0.984. The van der Waals surface area contributed by atoms with E-state index >= 15 is 0 Å². The van der Waals surface area contributed by atoms with Crippen LogP contribution in [0.5, 0.6) is 0 Å². The molecule has 22 heavy (non-hydrogen) atoms. The SMILES string of the molecule is CCCCC#Cc1ccc2ccc(C#CCCCC)cc2c1. The summed E-state index contributed by atoms with van der Waals surface area (Å²) in [5.74, 6) is 13.0. The molecule has 0 aromatic heterocycles. The molecule has 0 heteroatoms. The summed E-state index contributed by atoms with van der Waals surface area (Å²) >= 11 is 0. The Morgan fingerprint density at radius 1 is 0.682 bits per heavy atom. The lowest BCUT2D eigenvalue weighted by atomic mass is 10.0. The van der Waals surface area contributed by atoms with Crippen molar-refractivity contribution >= 4 is 10.8 Å². The highest BCUT2D eigenvalue weighted by molar-refractivity contribution is 5.85. The number of hydrogen-bond donors (Lipinski definition) is 0. The molecule has 0 aliphatic heterocycles. The van der Waals surface area contributed by atoms with Gasteiger partial charge < -0.3 is 0 Å². The van der Waals surface area contributed by atoms with Gasteiger partial charge in [0.1, 0.15) is 0 Å². The maximum Gasteiger partial charge on any atom is 0.0251 e. The van der Waals surface area contributed by atoms with Crippen LogP contribution in [0, 0.1) is 23.7 Å². The Kier molecular flexibility index (Phi) is 6.60. The average Bonchev–Trinajstić information content (AvgIpc) is 2.55. The van der Waals surface area contributed by atoms with Gasteiger partial charge in [-0.15, -0.1) is 0 Å². The minimum Gasteiger partial charge on any atom is -0.0979 e. The monoisotopic (exact) mass is 288 g/mol. The van der Waals surface area contributed by atoms with Gasteiger partial charge in [-0.05, 0) is 47.9 Å². The first-order valence-corrected chi connectivity index (χ1v) is 8.35. The fourth-order valence-corrected chi connectivity index (χ4v) is 2.26.